The van der Waals surface area contributed by atoms with Crippen molar-refractivity contribution in [1.82, 2.24) is 5.48 Å². The van der Waals surface area contributed by atoms with Crippen LogP contribution < -0.4 is 10.8 Å². The number of anilines is 2. The van der Waals surface area contributed by atoms with Crippen LogP contribution >= 0.6 is 0 Å². The van der Waals surface area contributed by atoms with Crippen LogP contribution in [0.5, 0.6) is 0 Å². The molecule has 0 aliphatic carbocycles. The summed E-state index contributed by atoms with van der Waals surface area (Å²) in [5.74, 6) is 0.908. The predicted octanol–water partition coefficient (Wildman–Crippen LogP) is 4.26. The van der Waals surface area contributed by atoms with Gasteiger partial charge in [0.1, 0.15) is 5.76 Å². The molecule has 0 bridgehead atoms. The summed E-state index contributed by atoms with van der Waals surface area (Å²) in [4.78, 5) is 5.42. The summed E-state index contributed by atoms with van der Waals surface area (Å²) in [5.41, 5.74) is 9.13. The Hall–Kier alpha value is -2.77. The highest BCUT2D eigenvalue weighted by atomic mass is 16.7. The molecule has 0 amide bonds. The number of allylic oxidation sites excluding steroid dienone is 1. The molecule has 0 saturated heterocycles. The molecule has 1 aliphatic rings. The van der Waals surface area contributed by atoms with Crippen molar-refractivity contribution in [3.05, 3.63) is 64.9 Å². The zero-order valence-corrected chi connectivity index (χ0v) is 13.5. The van der Waals surface area contributed by atoms with E-state index < -0.39 is 0 Å². The second kappa shape index (κ2) is 6.15. The first-order valence-electron chi connectivity index (χ1n) is 7.60. The van der Waals surface area contributed by atoms with E-state index >= 15 is 0 Å². The molecule has 0 spiro atoms. The molecule has 3 rings (SSSR count). The van der Waals surface area contributed by atoms with Crippen LogP contribution in [0.3, 0.4) is 0 Å². The van der Waals surface area contributed by atoms with Crippen LogP contribution in [-0.2, 0) is 4.84 Å². The van der Waals surface area contributed by atoms with Gasteiger partial charge in [-0.2, -0.15) is 5.26 Å². The summed E-state index contributed by atoms with van der Waals surface area (Å²) in [5, 5.41) is 12.3. The molecule has 1 unspecified atom stereocenters. The Kier molecular flexibility index (Phi) is 4.05. The quantitative estimate of drug-likeness (QED) is 0.889. The van der Waals surface area contributed by atoms with Gasteiger partial charge in [0.05, 0.1) is 17.7 Å². The van der Waals surface area contributed by atoms with E-state index in [1.165, 1.54) is 5.57 Å². The molecule has 116 valence electrons. The Balaban J connectivity index is 1.92. The molecule has 23 heavy (non-hydrogen) atoms. The molecule has 0 fully saturated rings. The molecular weight excluding hydrogens is 286 g/mol. The van der Waals surface area contributed by atoms with Gasteiger partial charge in [-0.15, -0.1) is 5.48 Å². The van der Waals surface area contributed by atoms with E-state index in [1.807, 2.05) is 31.2 Å². The third kappa shape index (κ3) is 3.05. The van der Waals surface area contributed by atoms with Gasteiger partial charge in [-0.05, 0) is 62.2 Å². The van der Waals surface area contributed by atoms with Gasteiger partial charge < -0.3 is 10.2 Å². The maximum Gasteiger partial charge on any atom is 0.126 e. The van der Waals surface area contributed by atoms with Crippen LogP contribution in [0.15, 0.2) is 48.2 Å². The Morgan fingerprint density at radius 3 is 2.48 bits per heavy atom. The first-order chi connectivity index (χ1) is 11.1. The number of hydrogen-bond acceptors (Lipinski definition) is 4. The predicted molar refractivity (Wildman–Crippen MR) is 91.9 cm³/mol. The highest BCUT2D eigenvalue weighted by Crippen LogP contribution is 2.31. The number of rotatable bonds is 3. The fraction of sp³-hybridized carbons (Fsp3) is 0.211. The number of nitrogens with zero attached hydrogens (tertiary/aromatic N) is 1. The van der Waals surface area contributed by atoms with E-state index in [2.05, 4.69) is 48.9 Å². The first kappa shape index (κ1) is 15.1. The van der Waals surface area contributed by atoms with E-state index in [0.717, 1.165) is 28.3 Å². The molecule has 1 atom stereocenters. The monoisotopic (exact) mass is 305 g/mol. The van der Waals surface area contributed by atoms with Gasteiger partial charge in [0, 0.05) is 16.9 Å². The number of benzene rings is 2. The third-order valence-corrected chi connectivity index (χ3v) is 4.04. The van der Waals surface area contributed by atoms with E-state index in [4.69, 9.17) is 10.1 Å². The highest BCUT2D eigenvalue weighted by molar-refractivity contribution is 5.76. The van der Waals surface area contributed by atoms with Crippen molar-refractivity contribution in [3.63, 3.8) is 0 Å². The smallest absolute Gasteiger partial charge is 0.126 e. The van der Waals surface area contributed by atoms with Gasteiger partial charge in [-0.25, -0.2) is 0 Å². The standard InChI is InChI=1S/C19H19N3O/c1-12-4-7-16(19-13(2)22-23-14(19)3)10-18(12)21-17-8-5-15(11-20)6-9-17/h4-10,13,21-22H,1-3H3. The van der Waals surface area contributed by atoms with E-state index in [0.29, 0.717) is 5.56 Å². The molecule has 0 radical (unpaired) electrons. The van der Waals surface area contributed by atoms with Gasteiger partial charge in [0.15, 0.2) is 0 Å². The second-order valence-corrected chi connectivity index (χ2v) is 5.76. The second-order valence-electron chi connectivity index (χ2n) is 5.76. The fourth-order valence-corrected chi connectivity index (χ4v) is 2.76. The maximum atomic E-state index is 8.88. The Morgan fingerprint density at radius 1 is 1.13 bits per heavy atom. The van der Waals surface area contributed by atoms with E-state index in [9.17, 15) is 0 Å². The minimum Gasteiger partial charge on any atom is -0.413 e. The zero-order valence-electron chi connectivity index (χ0n) is 13.5. The summed E-state index contributed by atoms with van der Waals surface area (Å²) in [6, 6.07) is 16.1. The van der Waals surface area contributed by atoms with Crippen LogP contribution in [-0.4, -0.2) is 6.04 Å². The summed E-state index contributed by atoms with van der Waals surface area (Å²) in [6.45, 7) is 6.13. The van der Waals surface area contributed by atoms with Crippen molar-refractivity contribution in [2.45, 2.75) is 26.8 Å². The largest absolute Gasteiger partial charge is 0.413 e. The van der Waals surface area contributed by atoms with Crippen molar-refractivity contribution >= 4 is 16.9 Å². The summed E-state index contributed by atoms with van der Waals surface area (Å²) in [6.07, 6.45) is 0. The molecule has 4 heteroatoms. The lowest BCUT2D eigenvalue weighted by Gasteiger charge is -2.14. The van der Waals surface area contributed by atoms with E-state index in [-0.39, 0.29) is 6.04 Å². The zero-order chi connectivity index (χ0) is 16.4. The lowest BCUT2D eigenvalue weighted by Crippen LogP contribution is -2.18. The average molecular weight is 305 g/mol. The Labute approximate surface area is 136 Å². The maximum absolute atomic E-state index is 8.88. The van der Waals surface area contributed by atoms with E-state index in [1.54, 1.807) is 0 Å². The van der Waals surface area contributed by atoms with Crippen LogP contribution in [0.25, 0.3) is 5.57 Å². The Morgan fingerprint density at radius 2 is 1.87 bits per heavy atom. The van der Waals surface area contributed by atoms with Crippen LogP contribution in [0.1, 0.15) is 30.5 Å². The summed E-state index contributed by atoms with van der Waals surface area (Å²) in [7, 11) is 0. The summed E-state index contributed by atoms with van der Waals surface area (Å²) >= 11 is 0. The molecule has 2 aromatic rings. The number of nitrogens with one attached hydrogen (secondary N) is 2. The number of nitriles is 1. The molecule has 0 saturated carbocycles. The minimum absolute atomic E-state index is 0.167. The van der Waals surface area contributed by atoms with Crippen molar-refractivity contribution in [1.29, 1.82) is 5.26 Å². The van der Waals surface area contributed by atoms with Gasteiger partial charge >= 0.3 is 0 Å². The Bertz CT molecular complexity index is 800. The van der Waals surface area contributed by atoms with Crippen LogP contribution in [0.4, 0.5) is 11.4 Å². The molecule has 2 aromatic carbocycles. The van der Waals surface area contributed by atoms with Crippen LogP contribution in [0.2, 0.25) is 0 Å². The lowest BCUT2D eigenvalue weighted by atomic mass is 9.97. The number of hydrogen-bond donors (Lipinski definition) is 2. The SMILES string of the molecule is CC1=C(c2ccc(C)c(Nc3ccc(C#N)cc3)c2)C(C)NO1. The third-order valence-electron chi connectivity index (χ3n) is 4.04. The molecule has 4 nitrogen and oxygen atoms in total. The topological polar surface area (TPSA) is 57.1 Å². The van der Waals surface area contributed by atoms with Crippen molar-refractivity contribution < 1.29 is 4.84 Å². The van der Waals surface area contributed by atoms with Crippen molar-refractivity contribution in [2.24, 2.45) is 0 Å². The van der Waals surface area contributed by atoms with Crippen LogP contribution in [0, 0.1) is 18.3 Å². The molecule has 1 heterocycles. The molecular formula is C19H19N3O. The van der Waals surface area contributed by atoms with Crippen molar-refractivity contribution in [3.8, 4) is 6.07 Å². The van der Waals surface area contributed by atoms with Gasteiger partial charge in [0.25, 0.3) is 0 Å². The number of aryl methyl sites for hydroxylation is 1. The molecule has 0 aromatic heterocycles. The van der Waals surface area contributed by atoms with Crippen molar-refractivity contribution in [2.75, 3.05) is 5.32 Å². The van der Waals surface area contributed by atoms with Gasteiger partial charge in [0.2, 0.25) is 0 Å². The molecule has 2 N–H and O–H groups in total. The number of hydroxylamine groups is 1. The lowest BCUT2D eigenvalue weighted by molar-refractivity contribution is 0.122. The van der Waals surface area contributed by atoms with Gasteiger partial charge in [-0.3, -0.25) is 0 Å². The fourth-order valence-electron chi connectivity index (χ4n) is 2.76. The minimum atomic E-state index is 0.167. The van der Waals surface area contributed by atoms with Gasteiger partial charge in [-0.1, -0.05) is 12.1 Å². The highest BCUT2D eigenvalue weighted by Gasteiger charge is 2.22. The average Bonchev–Trinajstić information content (AvgIpc) is 2.89. The normalized spacial score (nSPS) is 16.9. The molecule has 1 aliphatic heterocycles. The first-order valence-corrected chi connectivity index (χ1v) is 7.60. The summed E-state index contributed by atoms with van der Waals surface area (Å²) < 4.78 is 0.